The molecular formula is C21H26N2O5. The number of hydrogen-bond acceptors (Lipinski definition) is 5. The lowest BCUT2D eigenvalue weighted by Gasteiger charge is -2.19. The second-order valence-electron chi connectivity index (χ2n) is 6.99. The van der Waals surface area contributed by atoms with Crippen molar-refractivity contribution in [2.45, 2.75) is 26.4 Å². The van der Waals surface area contributed by atoms with Crippen molar-refractivity contribution in [2.24, 2.45) is 0 Å². The second-order valence-corrected chi connectivity index (χ2v) is 6.99. The van der Waals surface area contributed by atoms with Gasteiger partial charge in [-0.1, -0.05) is 6.07 Å². The Labute approximate surface area is 165 Å². The van der Waals surface area contributed by atoms with E-state index in [4.69, 9.17) is 14.2 Å². The largest absolute Gasteiger partial charge is 0.497 e. The fourth-order valence-electron chi connectivity index (χ4n) is 2.24. The predicted octanol–water partition coefficient (Wildman–Crippen LogP) is 3.74. The summed E-state index contributed by atoms with van der Waals surface area (Å²) in [6.45, 7) is 5.91. The number of amides is 2. The van der Waals surface area contributed by atoms with E-state index in [1.807, 2.05) is 0 Å². The Morgan fingerprint density at radius 1 is 0.893 bits per heavy atom. The highest BCUT2D eigenvalue weighted by Gasteiger charge is 2.15. The molecular weight excluding hydrogens is 360 g/mol. The van der Waals surface area contributed by atoms with Gasteiger partial charge in [0.15, 0.2) is 0 Å². The highest BCUT2D eigenvalue weighted by molar-refractivity contribution is 5.94. The van der Waals surface area contributed by atoms with Gasteiger partial charge in [-0.3, -0.25) is 4.79 Å². The Kier molecular flexibility index (Phi) is 7.26. The number of ether oxygens (including phenoxy) is 3. The first kappa shape index (κ1) is 21.1. The van der Waals surface area contributed by atoms with Crippen molar-refractivity contribution in [3.05, 3.63) is 54.1 Å². The van der Waals surface area contributed by atoms with Crippen molar-refractivity contribution in [1.82, 2.24) is 10.6 Å². The summed E-state index contributed by atoms with van der Waals surface area (Å²) in [4.78, 5) is 23.8. The number of nitrogens with one attached hydrogen (secondary N) is 2. The Bertz CT molecular complexity index is 797. The fourth-order valence-corrected chi connectivity index (χ4v) is 2.24. The van der Waals surface area contributed by atoms with Crippen LogP contribution in [0.1, 0.15) is 31.1 Å². The molecule has 0 aliphatic rings. The predicted molar refractivity (Wildman–Crippen MR) is 106 cm³/mol. The fraction of sp³-hybridized carbons (Fsp3) is 0.333. The number of alkyl carbamates (subject to hydrolysis) is 1. The normalized spacial score (nSPS) is 10.7. The second kappa shape index (κ2) is 9.64. The molecule has 150 valence electrons. The van der Waals surface area contributed by atoms with Crippen LogP contribution in [0, 0.1) is 0 Å². The van der Waals surface area contributed by atoms with Crippen LogP contribution >= 0.6 is 0 Å². The first-order chi connectivity index (χ1) is 13.3. The molecule has 0 saturated carbocycles. The van der Waals surface area contributed by atoms with Crippen LogP contribution in [0.4, 0.5) is 4.79 Å². The van der Waals surface area contributed by atoms with Gasteiger partial charge in [-0.05, 0) is 63.2 Å². The lowest BCUT2D eigenvalue weighted by Crippen LogP contribution is -2.37. The first-order valence-corrected chi connectivity index (χ1v) is 8.94. The molecule has 7 nitrogen and oxygen atoms in total. The van der Waals surface area contributed by atoms with Crippen LogP contribution in [0.25, 0.3) is 0 Å². The Hall–Kier alpha value is -3.22. The number of methoxy groups -OCH3 is 1. The van der Waals surface area contributed by atoms with Crippen LogP contribution in [-0.2, 0) is 4.74 Å². The Morgan fingerprint density at radius 3 is 2.18 bits per heavy atom. The maximum absolute atomic E-state index is 12.3. The van der Waals surface area contributed by atoms with Crippen molar-refractivity contribution in [3.8, 4) is 17.2 Å². The average molecular weight is 386 g/mol. The summed E-state index contributed by atoms with van der Waals surface area (Å²) in [5.74, 6) is 1.66. The number of carbonyl (C=O) groups excluding carboxylic acids is 2. The topological polar surface area (TPSA) is 85.9 Å². The summed E-state index contributed by atoms with van der Waals surface area (Å²) in [5, 5.41) is 5.33. The van der Waals surface area contributed by atoms with E-state index in [0.29, 0.717) is 17.1 Å². The van der Waals surface area contributed by atoms with E-state index in [1.54, 1.807) is 76.4 Å². The molecule has 0 spiro atoms. The maximum atomic E-state index is 12.3. The van der Waals surface area contributed by atoms with Gasteiger partial charge in [-0.25, -0.2) is 4.79 Å². The van der Waals surface area contributed by atoms with Gasteiger partial charge in [0.1, 0.15) is 22.8 Å². The minimum Gasteiger partial charge on any atom is -0.497 e. The molecule has 2 aromatic rings. The number of hydrogen-bond donors (Lipinski definition) is 2. The lowest BCUT2D eigenvalue weighted by atomic mass is 10.2. The first-order valence-electron chi connectivity index (χ1n) is 8.94. The molecule has 2 amide bonds. The molecule has 0 aliphatic heterocycles. The van der Waals surface area contributed by atoms with Gasteiger partial charge >= 0.3 is 6.09 Å². The van der Waals surface area contributed by atoms with E-state index < -0.39 is 11.7 Å². The van der Waals surface area contributed by atoms with Crippen molar-refractivity contribution in [1.29, 1.82) is 0 Å². The summed E-state index contributed by atoms with van der Waals surface area (Å²) >= 11 is 0. The van der Waals surface area contributed by atoms with E-state index in [9.17, 15) is 9.59 Å². The monoisotopic (exact) mass is 386 g/mol. The molecule has 0 fully saturated rings. The summed E-state index contributed by atoms with van der Waals surface area (Å²) in [5.41, 5.74) is -0.0965. The minimum atomic E-state index is -0.558. The SMILES string of the molecule is COc1ccc(Oc2cccc(C(=O)NCCNC(=O)OC(C)(C)C)c2)cc1. The third-order valence-electron chi connectivity index (χ3n) is 3.47. The lowest BCUT2D eigenvalue weighted by molar-refractivity contribution is 0.0526. The van der Waals surface area contributed by atoms with Gasteiger partial charge in [-0.15, -0.1) is 0 Å². The number of carbonyl (C=O) groups is 2. The van der Waals surface area contributed by atoms with Gasteiger partial charge in [0, 0.05) is 18.7 Å². The molecule has 2 N–H and O–H groups in total. The molecule has 7 heteroatoms. The van der Waals surface area contributed by atoms with E-state index in [2.05, 4.69) is 10.6 Å². The van der Waals surface area contributed by atoms with Gasteiger partial charge < -0.3 is 24.8 Å². The number of benzene rings is 2. The van der Waals surface area contributed by atoms with Gasteiger partial charge in [0.25, 0.3) is 5.91 Å². The molecule has 0 unspecified atom stereocenters. The van der Waals surface area contributed by atoms with Gasteiger partial charge in [-0.2, -0.15) is 0 Å². The molecule has 0 atom stereocenters. The standard InChI is InChI=1S/C21H26N2O5/c1-21(2,3)28-20(25)23-13-12-22-19(24)15-6-5-7-18(14-15)27-17-10-8-16(26-4)9-11-17/h5-11,14H,12-13H2,1-4H3,(H,22,24)(H,23,25). The Balaban J connectivity index is 1.83. The van der Waals surface area contributed by atoms with Crippen LogP contribution in [0.3, 0.4) is 0 Å². The summed E-state index contributed by atoms with van der Waals surface area (Å²) in [6, 6.07) is 14.0. The quantitative estimate of drug-likeness (QED) is 0.708. The van der Waals surface area contributed by atoms with Gasteiger partial charge in [0.2, 0.25) is 0 Å². The molecule has 0 saturated heterocycles. The summed E-state index contributed by atoms with van der Waals surface area (Å²) in [7, 11) is 1.60. The van der Waals surface area contributed by atoms with Crippen LogP contribution in [-0.4, -0.2) is 37.8 Å². The zero-order valence-electron chi connectivity index (χ0n) is 16.6. The molecule has 0 heterocycles. The summed E-state index contributed by atoms with van der Waals surface area (Å²) in [6.07, 6.45) is -0.517. The molecule has 0 aliphatic carbocycles. The maximum Gasteiger partial charge on any atom is 0.407 e. The zero-order valence-corrected chi connectivity index (χ0v) is 16.6. The van der Waals surface area contributed by atoms with Gasteiger partial charge in [0.05, 0.1) is 7.11 Å². The Morgan fingerprint density at radius 2 is 1.54 bits per heavy atom. The molecule has 28 heavy (non-hydrogen) atoms. The average Bonchev–Trinajstić information content (AvgIpc) is 2.64. The van der Waals surface area contributed by atoms with Crippen molar-refractivity contribution in [3.63, 3.8) is 0 Å². The van der Waals surface area contributed by atoms with E-state index in [1.165, 1.54) is 0 Å². The van der Waals surface area contributed by atoms with Crippen LogP contribution in [0.2, 0.25) is 0 Å². The minimum absolute atomic E-state index is 0.258. The van der Waals surface area contributed by atoms with Crippen LogP contribution in [0.5, 0.6) is 17.2 Å². The zero-order chi connectivity index (χ0) is 20.6. The third-order valence-corrected chi connectivity index (χ3v) is 3.47. The highest BCUT2D eigenvalue weighted by atomic mass is 16.6. The molecule has 2 rings (SSSR count). The number of rotatable bonds is 7. The van der Waals surface area contributed by atoms with Crippen LogP contribution < -0.4 is 20.1 Å². The molecule has 0 bridgehead atoms. The molecule has 0 radical (unpaired) electrons. The van der Waals surface area contributed by atoms with Crippen molar-refractivity contribution < 1.29 is 23.8 Å². The van der Waals surface area contributed by atoms with E-state index in [-0.39, 0.29) is 19.0 Å². The highest BCUT2D eigenvalue weighted by Crippen LogP contribution is 2.24. The molecule has 0 aromatic heterocycles. The van der Waals surface area contributed by atoms with E-state index in [0.717, 1.165) is 5.75 Å². The smallest absolute Gasteiger partial charge is 0.407 e. The van der Waals surface area contributed by atoms with Crippen LogP contribution in [0.15, 0.2) is 48.5 Å². The third kappa shape index (κ3) is 7.19. The molecule has 2 aromatic carbocycles. The van der Waals surface area contributed by atoms with E-state index >= 15 is 0 Å². The van der Waals surface area contributed by atoms with Crippen molar-refractivity contribution in [2.75, 3.05) is 20.2 Å². The summed E-state index contributed by atoms with van der Waals surface area (Å²) < 4.78 is 16.0. The van der Waals surface area contributed by atoms with Crippen molar-refractivity contribution >= 4 is 12.0 Å².